The maximum Gasteiger partial charge on any atom is 0.240 e. The molecule has 19 heavy (non-hydrogen) atoms. The van der Waals surface area contributed by atoms with Crippen LogP contribution in [0.15, 0.2) is 28.0 Å². The summed E-state index contributed by atoms with van der Waals surface area (Å²) in [4.78, 5) is 0.658. The van der Waals surface area contributed by atoms with Crippen molar-refractivity contribution in [3.63, 3.8) is 0 Å². The summed E-state index contributed by atoms with van der Waals surface area (Å²) in [7, 11) is -5.25. The van der Waals surface area contributed by atoms with E-state index < -0.39 is 19.9 Å². The number of hydrogen-bond acceptors (Lipinski definition) is 6. The highest BCUT2D eigenvalue weighted by Crippen LogP contribution is 2.27. The van der Waals surface area contributed by atoms with E-state index >= 15 is 0 Å². The minimum atomic E-state index is -3.53. The van der Waals surface area contributed by atoms with Gasteiger partial charge < -0.3 is 5.73 Å². The van der Waals surface area contributed by atoms with Crippen LogP contribution in [0.5, 0.6) is 0 Å². The highest BCUT2D eigenvalue weighted by molar-refractivity contribution is 8.00. The summed E-state index contributed by atoms with van der Waals surface area (Å²) in [6, 6.07) is 4.34. The summed E-state index contributed by atoms with van der Waals surface area (Å²) >= 11 is 1.22. The van der Waals surface area contributed by atoms with E-state index in [-0.39, 0.29) is 10.6 Å². The number of rotatable bonds is 6. The molecule has 9 heteroatoms. The van der Waals surface area contributed by atoms with Gasteiger partial charge in [-0.1, -0.05) is 0 Å². The molecule has 0 saturated heterocycles. The van der Waals surface area contributed by atoms with Crippen molar-refractivity contribution in [3.8, 4) is 0 Å². The lowest BCUT2D eigenvalue weighted by atomic mass is 10.3. The third kappa shape index (κ3) is 5.01. The molecular formula is C10H16N2O4S3. The van der Waals surface area contributed by atoms with Crippen LogP contribution in [-0.2, 0) is 19.9 Å². The second-order valence-corrected chi connectivity index (χ2v) is 9.17. The van der Waals surface area contributed by atoms with Crippen molar-refractivity contribution in [1.29, 1.82) is 0 Å². The monoisotopic (exact) mass is 324 g/mol. The summed E-state index contributed by atoms with van der Waals surface area (Å²) in [6.45, 7) is 0. The molecule has 0 fully saturated rings. The molecule has 0 heterocycles. The Morgan fingerprint density at radius 3 is 2.42 bits per heavy atom. The van der Waals surface area contributed by atoms with Gasteiger partial charge >= 0.3 is 0 Å². The Morgan fingerprint density at radius 2 is 1.89 bits per heavy atom. The van der Waals surface area contributed by atoms with Crippen molar-refractivity contribution in [2.45, 2.75) is 9.79 Å². The van der Waals surface area contributed by atoms with Crippen molar-refractivity contribution < 1.29 is 16.8 Å². The molecule has 0 aromatic heterocycles. The molecule has 1 aromatic carbocycles. The van der Waals surface area contributed by atoms with Gasteiger partial charge in [-0.3, -0.25) is 0 Å². The van der Waals surface area contributed by atoms with Crippen molar-refractivity contribution in [2.75, 3.05) is 30.5 Å². The van der Waals surface area contributed by atoms with Crippen LogP contribution in [0.3, 0.4) is 0 Å². The summed E-state index contributed by atoms with van der Waals surface area (Å²) in [5.41, 5.74) is 6.16. The van der Waals surface area contributed by atoms with Crippen LogP contribution in [0, 0.1) is 0 Å². The molecule has 0 aliphatic rings. The van der Waals surface area contributed by atoms with E-state index in [1.165, 1.54) is 37.0 Å². The van der Waals surface area contributed by atoms with E-state index in [9.17, 15) is 16.8 Å². The Labute approximate surface area is 117 Å². The molecule has 0 amide bonds. The van der Waals surface area contributed by atoms with Gasteiger partial charge in [0.25, 0.3) is 0 Å². The predicted octanol–water partition coefficient (Wildman–Crippen LogP) is 0.314. The lowest BCUT2D eigenvalue weighted by Crippen LogP contribution is -2.18. The number of sulfone groups is 1. The Balaban J connectivity index is 2.93. The fraction of sp³-hybridized carbons (Fsp3) is 0.400. The summed E-state index contributed by atoms with van der Waals surface area (Å²) in [5, 5.41) is 0. The van der Waals surface area contributed by atoms with Gasteiger partial charge in [0.15, 0.2) is 0 Å². The lowest BCUT2D eigenvalue weighted by Gasteiger charge is -2.08. The van der Waals surface area contributed by atoms with Gasteiger partial charge in [0.2, 0.25) is 10.0 Å². The van der Waals surface area contributed by atoms with Crippen molar-refractivity contribution in [1.82, 2.24) is 4.72 Å². The first-order valence-electron chi connectivity index (χ1n) is 5.29. The maximum absolute atomic E-state index is 11.6. The first kappa shape index (κ1) is 16.3. The Hall–Kier alpha value is -0.770. The van der Waals surface area contributed by atoms with Crippen LogP contribution in [0.1, 0.15) is 0 Å². The normalized spacial score (nSPS) is 12.5. The zero-order chi connectivity index (χ0) is 14.7. The average molecular weight is 324 g/mol. The number of nitrogens with one attached hydrogen (secondary N) is 1. The van der Waals surface area contributed by atoms with E-state index in [0.717, 1.165) is 6.26 Å². The van der Waals surface area contributed by atoms with Crippen LogP contribution in [0.2, 0.25) is 0 Å². The van der Waals surface area contributed by atoms with Crippen LogP contribution < -0.4 is 10.5 Å². The quantitative estimate of drug-likeness (QED) is 0.576. The number of benzene rings is 1. The standard InChI is InChI=1S/C10H16N2O4S3/c1-12-19(15,16)8-3-4-9(11)10(7-8)17-5-6-18(2,13)14/h3-4,7,12H,5-6,11H2,1-2H3. The third-order valence-corrected chi connectivity index (χ3v) is 5.96. The topological polar surface area (TPSA) is 106 Å². The smallest absolute Gasteiger partial charge is 0.240 e. The first-order chi connectivity index (χ1) is 8.65. The molecule has 3 N–H and O–H groups in total. The van der Waals surface area contributed by atoms with E-state index in [2.05, 4.69) is 4.72 Å². The second-order valence-electron chi connectivity index (χ2n) is 3.89. The fourth-order valence-electron chi connectivity index (χ4n) is 1.23. The molecule has 0 bridgehead atoms. The molecule has 0 aliphatic heterocycles. The molecule has 0 radical (unpaired) electrons. The molecule has 0 spiro atoms. The molecule has 108 valence electrons. The van der Waals surface area contributed by atoms with Crippen molar-refractivity contribution in [2.24, 2.45) is 0 Å². The van der Waals surface area contributed by atoms with Gasteiger partial charge in [-0.25, -0.2) is 21.6 Å². The van der Waals surface area contributed by atoms with Gasteiger partial charge in [0.05, 0.1) is 10.6 Å². The van der Waals surface area contributed by atoms with Crippen LogP contribution >= 0.6 is 11.8 Å². The van der Waals surface area contributed by atoms with E-state index in [0.29, 0.717) is 16.3 Å². The molecule has 0 aliphatic carbocycles. The zero-order valence-electron chi connectivity index (χ0n) is 10.6. The third-order valence-electron chi connectivity index (χ3n) is 2.28. The Kier molecular flexibility index (Phi) is 5.25. The number of sulfonamides is 1. The molecule has 6 nitrogen and oxygen atoms in total. The largest absolute Gasteiger partial charge is 0.398 e. The first-order valence-corrected chi connectivity index (χ1v) is 9.82. The molecular weight excluding hydrogens is 308 g/mol. The summed E-state index contributed by atoms with van der Waals surface area (Å²) in [5.74, 6) is 0.339. The van der Waals surface area contributed by atoms with Crippen molar-refractivity contribution in [3.05, 3.63) is 18.2 Å². The van der Waals surface area contributed by atoms with E-state index in [4.69, 9.17) is 5.73 Å². The van der Waals surface area contributed by atoms with Gasteiger partial charge in [0.1, 0.15) is 9.84 Å². The van der Waals surface area contributed by atoms with Gasteiger partial charge in [-0.15, -0.1) is 11.8 Å². The molecule has 0 saturated carbocycles. The number of thioether (sulfide) groups is 1. The molecule has 1 aromatic rings. The van der Waals surface area contributed by atoms with Gasteiger partial charge in [-0.05, 0) is 25.2 Å². The highest BCUT2D eigenvalue weighted by atomic mass is 32.2. The minimum Gasteiger partial charge on any atom is -0.398 e. The average Bonchev–Trinajstić information content (AvgIpc) is 2.29. The summed E-state index contributed by atoms with van der Waals surface area (Å²) in [6.07, 6.45) is 1.15. The second kappa shape index (κ2) is 6.12. The number of nitrogens with two attached hydrogens (primary N) is 1. The van der Waals surface area contributed by atoms with Gasteiger partial charge in [-0.2, -0.15) is 0 Å². The summed E-state index contributed by atoms with van der Waals surface area (Å²) < 4.78 is 47.5. The van der Waals surface area contributed by atoms with Crippen LogP contribution in [-0.4, -0.2) is 41.6 Å². The van der Waals surface area contributed by atoms with Crippen molar-refractivity contribution >= 4 is 37.3 Å². The van der Waals surface area contributed by atoms with Gasteiger partial charge in [0, 0.05) is 22.6 Å². The zero-order valence-corrected chi connectivity index (χ0v) is 13.0. The van der Waals surface area contributed by atoms with E-state index in [1.54, 1.807) is 0 Å². The minimum absolute atomic E-state index is 0.0140. The Bertz CT molecular complexity index is 653. The number of anilines is 1. The number of nitrogen functional groups attached to an aromatic ring is 1. The highest BCUT2D eigenvalue weighted by Gasteiger charge is 2.13. The lowest BCUT2D eigenvalue weighted by molar-refractivity contribution is 0.588. The predicted molar refractivity (Wildman–Crippen MR) is 77.5 cm³/mol. The SMILES string of the molecule is CNS(=O)(=O)c1ccc(N)c(SCCS(C)(=O)=O)c1. The molecule has 1 rings (SSSR count). The molecule has 0 atom stereocenters. The fourth-order valence-corrected chi connectivity index (χ4v) is 4.27. The van der Waals surface area contributed by atoms with Crippen LogP contribution in [0.25, 0.3) is 0 Å². The maximum atomic E-state index is 11.6. The van der Waals surface area contributed by atoms with Crippen LogP contribution in [0.4, 0.5) is 5.69 Å². The number of hydrogen-bond donors (Lipinski definition) is 2. The van der Waals surface area contributed by atoms with E-state index in [1.807, 2.05) is 0 Å². The Morgan fingerprint density at radius 1 is 1.26 bits per heavy atom. The molecule has 0 unspecified atom stereocenters.